The van der Waals surface area contributed by atoms with Gasteiger partial charge in [0.25, 0.3) is 0 Å². The summed E-state index contributed by atoms with van der Waals surface area (Å²) in [6.45, 7) is 5.84. The van der Waals surface area contributed by atoms with Crippen molar-refractivity contribution in [3.63, 3.8) is 0 Å². The largest absolute Gasteiger partial charge is 0.506 e. The van der Waals surface area contributed by atoms with Crippen LogP contribution in [0.1, 0.15) is 37.6 Å². The molecule has 0 aliphatic carbocycles. The summed E-state index contributed by atoms with van der Waals surface area (Å²) < 4.78 is 0. The molecule has 110 valence electrons. The van der Waals surface area contributed by atoms with Crippen LogP contribution in [0.25, 0.3) is 0 Å². The Balaban J connectivity index is 2.89. The lowest BCUT2D eigenvalue weighted by atomic mass is 10.0. The Morgan fingerprint density at radius 3 is 2.40 bits per heavy atom. The first-order valence-electron chi connectivity index (χ1n) is 6.30. The van der Waals surface area contributed by atoms with E-state index in [2.05, 4.69) is 5.32 Å². The van der Waals surface area contributed by atoms with Gasteiger partial charge in [0.2, 0.25) is 0 Å². The van der Waals surface area contributed by atoms with Gasteiger partial charge in [-0.1, -0.05) is 6.92 Å². The van der Waals surface area contributed by atoms with E-state index in [0.717, 1.165) is 12.5 Å². The monoisotopic (exact) mass is 280 g/mol. The van der Waals surface area contributed by atoms with Crippen molar-refractivity contribution in [3.05, 3.63) is 23.8 Å². The van der Waals surface area contributed by atoms with Crippen LogP contribution in [0.4, 0.5) is 10.5 Å². The molecule has 1 aromatic rings. The fraction of sp³-hybridized carbons (Fsp3) is 0.429. The number of carboxylic acid groups (broad SMARTS) is 1. The number of hydrogen-bond donors (Lipinski definition) is 3. The number of benzene rings is 1. The molecule has 0 unspecified atom stereocenters. The summed E-state index contributed by atoms with van der Waals surface area (Å²) in [5.41, 5.74) is -0.178. The van der Waals surface area contributed by atoms with E-state index < -0.39 is 5.97 Å². The molecule has 20 heavy (non-hydrogen) atoms. The lowest BCUT2D eigenvalue weighted by Gasteiger charge is -2.34. The quantitative estimate of drug-likeness (QED) is 0.740. The van der Waals surface area contributed by atoms with Gasteiger partial charge in [0, 0.05) is 12.6 Å². The lowest BCUT2D eigenvalue weighted by molar-refractivity contribution is 0.0696. The molecular formula is C14H20N2O4. The third kappa shape index (κ3) is 3.40. The molecule has 0 atom stereocenters. The van der Waals surface area contributed by atoms with Crippen molar-refractivity contribution < 1.29 is 19.8 Å². The first kappa shape index (κ1) is 15.8. The summed E-state index contributed by atoms with van der Waals surface area (Å²) in [4.78, 5) is 24.4. The number of nitrogens with one attached hydrogen (secondary N) is 1. The predicted molar refractivity (Wildman–Crippen MR) is 76.2 cm³/mol. The summed E-state index contributed by atoms with van der Waals surface area (Å²) in [6.07, 6.45) is 0.779. The van der Waals surface area contributed by atoms with Gasteiger partial charge in [0.15, 0.2) is 0 Å². The fourth-order valence-electron chi connectivity index (χ4n) is 1.48. The Bertz CT molecular complexity index is 526. The number of aromatic hydroxyl groups is 1. The fourth-order valence-corrected chi connectivity index (χ4v) is 1.48. The summed E-state index contributed by atoms with van der Waals surface area (Å²) in [5, 5.41) is 21.1. The highest BCUT2D eigenvalue weighted by molar-refractivity contribution is 5.93. The molecule has 6 heteroatoms. The SMILES string of the molecule is CCC(C)(C)N(C)C(=O)Nc1ccc(C(=O)O)cc1O. The molecule has 3 N–H and O–H groups in total. The van der Waals surface area contributed by atoms with E-state index in [-0.39, 0.29) is 28.6 Å². The third-order valence-corrected chi connectivity index (χ3v) is 3.56. The Hall–Kier alpha value is -2.24. The van der Waals surface area contributed by atoms with Gasteiger partial charge in [-0.25, -0.2) is 9.59 Å². The number of rotatable bonds is 4. The maximum atomic E-state index is 12.1. The molecule has 0 heterocycles. The van der Waals surface area contributed by atoms with E-state index in [9.17, 15) is 14.7 Å². The van der Waals surface area contributed by atoms with Crippen molar-refractivity contribution in [1.29, 1.82) is 0 Å². The van der Waals surface area contributed by atoms with Gasteiger partial charge < -0.3 is 20.4 Å². The Labute approximate surface area is 118 Å². The summed E-state index contributed by atoms with van der Waals surface area (Å²) >= 11 is 0. The van der Waals surface area contributed by atoms with Crippen LogP contribution in [0, 0.1) is 0 Å². The zero-order chi connectivity index (χ0) is 15.5. The van der Waals surface area contributed by atoms with E-state index in [4.69, 9.17) is 5.11 Å². The van der Waals surface area contributed by atoms with E-state index >= 15 is 0 Å². The minimum absolute atomic E-state index is 0.0391. The van der Waals surface area contributed by atoms with Gasteiger partial charge in [0.05, 0.1) is 11.3 Å². The molecular weight excluding hydrogens is 260 g/mol. The number of phenolic OH excluding ortho intramolecular Hbond substituents is 1. The van der Waals surface area contributed by atoms with Crippen molar-refractivity contribution in [3.8, 4) is 5.75 Å². The second-order valence-electron chi connectivity index (χ2n) is 5.19. The van der Waals surface area contributed by atoms with Gasteiger partial charge in [-0.05, 0) is 38.5 Å². The minimum atomic E-state index is -1.14. The number of aromatic carboxylic acids is 1. The number of amides is 2. The van der Waals surface area contributed by atoms with Crippen LogP contribution in [-0.4, -0.2) is 39.7 Å². The number of carboxylic acids is 1. The normalized spacial score (nSPS) is 11.0. The topological polar surface area (TPSA) is 89.9 Å². The van der Waals surface area contributed by atoms with Crippen molar-refractivity contribution in [2.75, 3.05) is 12.4 Å². The van der Waals surface area contributed by atoms with Gasteiger partial charge in [-0.15, -0.1) is 0 Å². The zero-order valence-corrected chi connectivity index (χ0v) is 12.1. The molecule has 1 aromatic carbocycles. The first-order chi connectivity index (χ1) is 9.19. The Morgan fingerprint density at radius 1 is 1.35 bits per heavy atom. The number of nitrogens with zero attached hydrogens (tertiary/aromatic N) is 1. The van der Waals surface area contributed by atoms with Crippen molar-refractivity contribution in [1.82, 2.24) is 4.90 Å². The van der Waals surface area contributed by atoms with E-state index in [0.29, 0.717) is 0 Å². The van der Waals surface area contributed by atoms with Crippen LogP contribution in [0.2, 0.25) is 0 Å². The highest BCUT2D eigenvalue weighted by atomic mass is 16.4. The van der Waals surface area contributed by atoms with Crippen molar-refractivity contribution in [2.45, 2.75) is 32.7 Å². The van der Waals surface area contributed by atoms with Crippen molar-refractivity contribution in [2.24, 2.45) is 0 Å². The molecule has 0 radical (unpaired) electrons. The summed E-state index contributed by atoms with van der Waals surface area (Å²) in [5.74, 6) is -1.41. The smallest absolute Gasteiger partial charge is 0.335 e. The van der Waals surface area contributed by atoms with Crippen LogP contribution >= 0.6 is 0 Å². The van der Waals surface area contributed by atoms with Crippen LogP contribution in [0.3, 0.4) is 0 Å². The number of anilines is 1. The molecule has 0 aromatic heterocycles. The van der Waals surface area contributed by atoms with Gasteiger partial charge in [-0.2, -0.15) is 0 Å². The van der Waals surface area contributed by atoms with Gasteiger partial charge >= 0.3 is 12.0 Å². The van der Waals surface area contributed by atoms with Crippen LogP contribution < -0.4 is 5.32 Å². The highest BCUT2D eigenvalue weighted by Gasteiger charge is 2.26. The Morgan fingerprint density at radius 2 is 1.95 bits per heavy atom. The summed E-state index contributed by atoms with van der Waals surface area (Å²) in [6, 6.07) is 3.42. The average Bonchev–Trinajstić information content (AvgIpc) is 2.39. The predicted octanol–water partition coefficient (Wildman–Crippen LogP) is 2.74. The molecule has 0 saturated carbocycles. The zero-order valence-electron chi connectivity index (χ0n) is 12.1. The lowest BCUT2D eigenvalue weighted by Crippen LogP contribution is -2.46. The van der Waals surface area contributed by atoms with Crippen LogP contribution in [0.5, 0.6) is 5.75 Å². The number of carbonyl (C=O) groups is 2. The number of carbonyl (C=O) groups excluding carboxylic acids is 1. The standard InChI is InChI=1S/C14H20N2O4/c1-5-14(2,3)16(4)13(20)15-10-7-6-9(12(18)19)8-11(10)17/h6-8,17H,5H2,1-4H3,(H,15,20)(H,18,19). The molecule has 0 bridgehead atoms. The first-order valence-corrected chi connectivity index (χ1v) is 6.30. The van der Waals surface area contributed by atoms with Gasteiger partial charge in [0.1, 0.15) is 5.75 Å². The van der Waals surface area contributed by atoms with Crippen LogP contribution in [0.15, 0.2) is 18.2 Å². The molecule has 0 fully saturated rings. The summed E-state index contributed by atoms with van der Waals surface area (Å²) in [7, 11) is 1.67. The Kier molecular flexibility index (Phi) is 4.60. The second-order valence-corrected chi connectivity index (χ2v) is 5.19. The molecule has 6 nitrogen and oxygen atoms in total. The van der Waals surface area contributed by atoms with E-state index in [1.807, 2.05) is 20.8 Å². The number of hydrogen-bond acceptors (Lipinski definition) is 3. The minimum Gasteiger partial charge on any atom is -0.506 e. The molecule has 0 aliphatic rings. The second kappa shape index (κ2) is 5.81. The maximum Gasteiger partial charge on any atom is 0.335 e. The molecule has 0 saturated heterocycles. The molecule has 0 aliphatic heterocycles. The number of phenols is 1. The van der Waals surface area contributed by atoms with E-state index in [1.165, 1.54) is 17.0 Å². The molecule has 2 amide bonds. The molecule has 0 spiro atoms. The highest BCUT2D eigenvalue weighted by Crippen LogP contribution is 2.25. The van der Waals surface area contributed by atoms with E-state index in [1.54, 1.807) is 7.05 Å². The average molecular weight is 280 g/mol. The maximum absolute atomic E-state index is 12.1. The molecule has 1 rings (SSSR count). The van der Waals surface area contributed by atoms with Crippen LogP contribution in [-0.2, 0) is 0 Å². The van der Waals surface area contributed by atoms with Gasteiger partial charge in [-0.3, -0.25) is 0 Å². The van der Waals surface area contributed by atoms with Crippen molar-refractivity contribution >= 4 is 17.7 Å². The third-order valence-electron chi connectivity index (χ3n) is 3.56. The number of urea groups is 1.